The van der Waals surface area contributed by atoms with Crippen LogP contribution in [0, 0.1) is 0 Å². The Hall–Kier alpha value is -1.80. The minimum absolute atomic E-state index is 0.134. The van der Waals surface area contributed by atoms with Crippen molar-refractivity contribution in [2.45, 2.75) is 51.7 Å². The molecule has 0 saturated carbocycles. The molecule has 0 aromatic heterocycles. The zero-order valence-electron chi connectivity index (χ0n) is 14.6. The second kappa shape index (κ2) is 5.10. The van der Waals surface area contributed by atoms with Gasteiger partial charge in [0.05, 0.1) is 16.3 Å². The Morgan fingerprint density at radius 1 is 1.04 bits per heavy atom. The van der Waals surface area contributed by atoms with Crippen LogP contribution in [0.3, 0.4) is 0 Å². The smallest absolute Gasteiger partial charge is 0.142 e. The van der Waals surface area contributed by atoms with E-state index in [2.05, 4.69) is 58.0 Å². The second-order valence-electron chi connectivity index (χ2n) is 8.05. The van der Waals surface area contributed by atoms with Crippen molar-refractivity contribution in [2.24, 2.45) is 4.99 Å². The molecule has 124 valence electrons. The molecule has 2 heterocycles. The minimum Gasteiger partial charge on any atom is -0.486 e. The highest BCUT2D eigenvalue weighted by atomic mass is 35.5. The Bertz CT molecular complexity index is 850. The topological polar surface area (TPSA) is 21.6 Å². The van der Waals surface area contributed by atoms with Crippen molar-refractivity contribution in [3.63, 3.8) is 0 Å². The number of rotatable bonds is 1. The lowest BCUT2D eigenvalue weighted by Crippen LogP contribution is -2.30. The average molecular weight is 340 g/mol. The molecule has 0 saturated heterocycles. The predicted molar refractivity (Wildman–Crippen MR) is 99.7 cm³/mol. The van der Waals surface area contributed by atoms with Crippen LogP contribution in [0.2, 0.25) is 5.02 Å². The number of hydrogen-bond donors (Lipinski definition) is 0. The summed E-state index contributed by atoms with van der Waals surface area (Å²) in [4.78, 5) is 5.10. The van der Waals surface area contributed by atoms with Crippen LogP contribution in [0.1, 0.15) is 49.9 Å². The maximum absolute atomic E-state index is 6.56. The monoisotopic (exact) mass is 339 g/mol. The number of halogens is 1. The molecule has 2 aromatic carbocycles. The van der Waals surface area contributed by atoms with Crippen molar-refractivity contribution in [2.75, 3.05) is 0 Å². The van der Waals surface area contributed by atoms with Gasteiger partial charge in [0.15, 0.2) is 0 Å². The van der Waals surface area contributed by atoms with Gasteiger partial charge in [0.25, 0.3) is 0 Å². The molecule has 0 bridgehead atoms. The van der Waals surface area contributed by atoms with Gasteiger partial charge in [0.2, 0.25) is 0 Å². The Morgan fingerprint density at radius 2 is 1.75 bits per heavy atom. The first kappa shape index (κ1) is 15.7. The van der Waals surface area contributed by atoms with E-state index in [0.717, 1.165) is 34.9 Å². The van der Waals surface area contributed by atoms with Gasteiger partial charge >= 0.3 is 0 Å². The van der Waals surface area contributed by atoms with E-state index in [0.29, 0.717) is 0 Å². The fourth-order valence-corrected chi connectivity index (χ4v) is 4.15. The van der Waals surface area contributed by atoms with Crippen LogP contribution in [-0.4, -0.2) is 16.9 Å². The predicted octanol–water partition coefficient (Wildman–Crippen LogP) is 5.23. The third kappa shape index (κ3) is 2.53. The van der Waals surface area contributed by atoms with Crippen LogP contribution < -0.4 is 4.74 Å². The van der Waals surface area contributed by atoms with Crippen LogP contribution in [0.25, 0.3) is 0 Å². The Morgan fingerprint density at radius 3 is 2.46 bits per heavy atom. The number of benzene rings is 2. The minimum atomic E-state index is -0.226. The first-order valence-corrected chi connectivity index (χ1v) is 8.82. The standard InChI is InChI=1S/C21H22ClNO/c1-20(2)11-14-10-16(22)19-15(12-21(3,4)24-19)17(14)18(23-20)13-8-6-5-7-9-13/h5-10H,11-12H2,1-4H3. The van der Waals surface area contributed by atoms with Gasteiger partial charge in [-0.05, 0) is 45.7 Å². The zero-order chi connectivity index (χ0) is 17.1. The van der Waals surface area contributed by atoms with Gasteiger partial charge in [0, 0.05) is 23.1 Å². The van der Waals surface area contributed by atoms with Gasteiger partial charge in [-0.25, -0.2) is 0 Å². The first-order valence-electron chi connectivity index (χ1n) is 8.45. The number of fused-ring (bicyclic) bond motifs is 3. The van der Waals surface area contributed by atoms with Gasteiger partial charge in [-0.15, -0.1) is 0 Å². The van der Waals surface area contributed by atoms with E-state index in [1.807, 2.05) is 6.07 Å². The largest absolute Gasteiger partial charge is 0.486 e. The molecule has 0 N–H and O–H groups in total. The average Bonchev–Trinajstić information content (AvgIpc) is 2.82. The maximum Gasteiger partial charge on any atom is 0.142 e. The van der Waals surface area contributed by atoms with Crippen molar-refractivity contribution in [3.8, 4) is 5.75 Å². The third-order valence-electron chi connectivity index (χ3n) is 4.72. The molecule has 4 rings (SSSR count). The molecule has 2 aliphatic heterocycles. The third-order valence-corrected chi connectivity index (χ3v) is 5.00. The summed E-state index contributed by atoms with van der Waals surface area (Å²) in [5, 5.41) is 0.722. The van der Waals surface area contributed by atoms with E-state index in [9.17, 15) is 0 Å². The molecule has 0 unspecified atom stereocenters. The molecule has 0 fully saturated rings. The van der Waals surface area contributed by atoms with Gasteiger partial charge in [-0.2, -0.15) is 0 Å². The molecule has 3 heteroatoms. The molecule has 2 nitrogen and oxygen atoms in total. The van der Waals surface area contributed by atoms with Crippen molar-refractivity contribution in [1.29, 1.82) is 0 Å². The van der Waals surface area contributed by atoms with Crippen LogP contribution in [0.4, 0.5) is 0 Å². The van der Waals surface area contributed by atoms with E-state index in [4.69, 9.17) is 21.3 Å². The summed E-state index contributed by atoms with van der Waals surface area (Å²) in [6.07, 6.45) is 1.75. The molecule has 0 aliphatic carbocycles. The first-order chi connectivity index (χ1) is 11.3. The Kier molecular flexibility index (Phi) is 3.34. The van der Waals surface area contributed by atoms with E-state index >= 15 is 0 Å². The molecular formula is C21H22ClNO. The summed E-state index contributed by atoms with van der Waals surface area (Å²) in [6.45, 7) is 8.59. The highest BCUT2D eigenvalue weighted by molar-refractivity contribution is 6.33. The molecule has 0 amide bonds. The van der Waals surface area contributed by atoms with Crippen molar-refractivity contribution in [3.05, 3.63) is 63.7 Å². The van der Waals surface area contributed by atoms with E-state index < -0.39 is 0 Å². The molecule has 0 radical (unpaired) electrons. The van der Waals surface area contributed by atoms with Gasteiger partial charge in [-0.3, -0.25) is 4.99 Å². The van der Waals surface area contributed by atoms with Gasteiger partial charge < -0.3 is 4.74 Å². The second-order valence-corrected chi connectivity index (χ2v) is 8.46. The molecule has 2 aromatic rings. The lowest BCUT2D eigenvalue weighted by Gasteiger charge is -2.30. The summed E-state index contributed by atoms with van der Waals surface area (Å²) < 4.78 is 6.14. The van der Waals surface area contributed by atoms with Crippen LogP contribution in [0.15, 0.2) is 41.4 Å². The lowest BCUT2D eigenvalue weighted by molar-refractivity contribution is 0.138. The molecule has 24 heavy (non-hydrogen) atoms. The lowest BCUT2D eigenvalue weighted by atomic mass is 9.81. The quantitative estimate of drug-likeness (QED) is 0.697. The van der Waals surface area contributed by atoms with Crippen molar-refractivity contribution < 1.29 is 4.74 Å². The highest BCUT2D eigenvalue weighted by Crippen LogP contribution is 2.46. The maximum atomic E-state index is 6.56. The fourth-order valence-electron chi connectivity index (χ4n) is 3.86. The molecule has 2 aliphatic rings. The highest BCUT2D eigenvalue weighted by Gasteiger charge is 2.38. The molecular weight excluding hydrogens is 318 g/mol. The summed E-state index contributed by atoms with van der Waals surface area (Å²) in [5.74, 6) is 0.837. The summed E-state index contributed by atoms with van der Waals surface area (Å²) >= 11 is 6.56. The van der Waals surface area contributed by atoms with E-state index in [-0.39, 0.29) is 11.1 Å². The zero-order valence-corrected chi connectivity index (χ0v) is 15.4. The summed E-state index contributed by atoms with van der Waals surface area (Å²) in [6, 6.07) is 12.5. The van der Waals surface area contributed by atoms with Crippen LogP contribution in [-0.2, 0) is 12.8 Å². The van der Waals surface area contributed by atoms with E-state index in [1.54, 1.807) is 0 Å². The van der Waals surface area contributed by atoms with Gasteiger partial charge in [0.1, 0.15) is 11.4 Å². The number of nitrogens with zero attached hydrogens (tertiary/aromatic N) is 1. The Balaban J connectivity index is 1.99. The number of ether oxygens (including phenoxy) is 1. The SMILES string of the molecule is CC1(C)Cc2cc(Cl)c3c(c2C(c2ccccc2)=N1)CC(C)(C)O3. The van der Waals surface area contributed by atoms with Crippen LogP contribution in [0.5, 0.6) is 5.75 Å². The van der Waals surface area contributed by atoms with Crippen LogP contribution >= 0.6 is 11.6 Å². The molecule has 0 spiro atoms. The Labute approximate surface area is 148 Å². The van der Waals surface area contributed by atoms with Crippen molar-refractivity contribution in [1.82, 2.24) is 0 Å². The molecule has 0 atom stereocenters. The van der Waals surface area contributed by atoms with Crippen molar-refractivity contribution >= 4 is 17.3 Å². The fraction of sp³-hybridized carbons (Fsp3) is 0.381. The number of hydrogen-bond acceptors (Lipinski definition) is 2. The number of aliphatic imine (C=N–C) groups is 1. The van der Waals surface area contributed by atoms with Gasteiger partial charge in [-0.1, -0.05) is 41.9 Å². The van der Waals surface area contributed by atoms with E-state index in [1.165, 1.54) is 16.7 Å². The summed E-state index contributed by atoms with van der Waals surface area (Å²) in [5.41, 5.74) is 5.57. The normalized spacial score (nSPS) is 20.0. The summed E-state index contributed by atoms with van der Waals surface area (Å²) in [7, 11) is 0.